The van der Waals surface area contributed by atoms with Crippen molar-refractivity contribution < 1.29 is 22.7 Å². The van der Waals surface area contributed by atoms with Crippen LogP contribution < -0.4 is 15.4 Å². The minimum atomic E-state index is -4.62. The van der Waals surface area contributed by atoms with Gasteiger partial charge >= 0.3 is 12.2 Å². The smallest absolute Gasteiger partial charge is 0.417 e. The van der Waals surface area contributed by atoms with E-state index in [9.17, 15) is 18.0 Å². The van der Waals surface area contributed by atoms with E-state index >= 15 is 0 Å². The molecule has 33 heavy (non-hydrogen) atoms. The summed E-state index contributed by atoms with van der Waals surface area (Å²) in [6.07, 6.45) is -2.97. The minimum Gasteiger partial charge on any atom is -0.457 e. The summed E-state index contributed by atoms with van der Waals surface area (Å²) in [7, 11) is 0. The van der Waals surface area contributed by atoms with Crippen molar-refractivity contribution in [2.45, 2.75) is 6.18 Å². The lowest BCUT2D eigenvalue weighted by molar-refractivity contribution is -0.137. The molecular formula is C23H15ClF3N3O2S. The van der Waals surface area contributed by atoms with Gasteiger partial charge in [0.2, 0.25) is 0 Å². The molecule has 0 aliphatic heterocycles. The number of ether oxygens (including phenoxy) is 1. The molecule has 168 valence electrons. The number of urea groups is 1. The van der Waals surface area contributed by atoms with E-state index in [0.29, 0.717) is 17.2 Å². The Labute approximate surface area is 195 Å². The molecule has 0 aliphatic rings. The third kappa shape index (κ3) is 5.82. The van der Waals surface area contributed by atoms with Crippen LogP contribution in [0.4, 0.5) is 29.3 Å². The molecular weight excluding hydrogens is 475 g/mol. The molecule has 2 heterocycles. The van der Waals surface area contributed by atoms with Crippen molar-refractivity contribution in [1.29, 1.82) is 0 Å². The number of alkyl halides is 3. The number of hydrogen-bond acceptors (Lipinski definition) is 4. The lowest BCUT2D eigenvalue weighted by Gasteiger charge is -2.12. The summed E-state index contributed by atoms with van der Waals surface area (Å²) in [5.41, 5.74) is 1.15. The second kappa shape index (κ2) is 9.51. The number of rotatable bonds is 5. The second-order valence-corrected chi connectivity index (χ2v) is 7.97. The van der Waals surface area contributed by atoms with E-state index in [1.165, 1.54) is 6.07 Å². The highest BCUT2D eigenvalue weighted by Gasteiger charge is 2.33. The Morgan fingerprint density at radius 1 is 0.939 bits per heavy atom. The quantitative estimate of drug-likeness (QED) is 0.299. The maximum Gasteiger partial charge on any atom is 0.417 e. The SMILES string of the molecule is O=C(Nc1ccc(Oc2ccnc(-c3ccsc3)c2)cc1)Nc1ccc(Cl)c(C(F)(F)F)c1. The van der Waals surface area contributed by atoms with Crippen LogP contribution in [0.25, 0.3) is 11.3 Å². The number of carbonyl (C=O) groups is 1. The number of nitrogens with one attached hydrogen (secondary N) is 2. The van der Waals surface area contributed by atoms with Gasteiger partial charge in [-0.15, -0.1) is 0 Å². The van der Waals surface area contributed by atoms with Crippen molar-refractivity contribution in [2.24, 2.45) is 0 Å². The fraction of sp³-hybridized carbons (Fsp3) is 0.0435. The fourth-order valence-electron chi connectivity index (χ4n) is 2.90. The third-order valence-electron chi connectivity index (χ3n) is 4.43. The first-order valence-electron chi connectivity index (χ1n) is 9.49. The zero-order chi connectivity index (χ0) is 23.4. The van der Waals surface area contributed by atoms with E-state index < -0.39 is 22.8 Å². The van der Waals surface area contributed by atoms with Gasteiger partial charge in [0, 0.05) is 34.6 Å². The number of hydrogen-bond donors (Lipinski definition) is 2. The normalized spacial score (nSPS) is 11.2. The van der Waals surface area contributed by atoms with E-state index in [2.05, 4.69) is 15.6 Å². The fourth-order valence-corrected chi connectivity index (χ4v) is 3.77. The van der Waals surface area contributed by atoms with Crippen LogP contribution in [0, 0.1) is 0 Å². The number of anilines is 2. The highest BCUT2D eigenvalue weighted by Crippen LogP contribution is 2.36. The Kier molecular flexibility index (Phi) is 6.52. The van der Waals surface area contributed by atoms with E-state index in [1.807, 2.05) is 22.9 Å². The van der Waals surface area contributed by atoms with Gasteiger partial charge < -0.3 is 15.4 Å². The predicted octanol–water partition coefficient (Wildman–Crippen LogP) is 7.92. The van der Waals surface area contributed by atoms with Gasteiger partial charge in [0.15, 0.2) is 0 Å². The standard InChI is InChI=1S/C23H15ClF3N3O2S/c24-20-6-3-16(11-19(20)23(25,26)27)30-22(31)29-15-1-4-17(5-2-15)32-18-7-9-28-21(12-18)14-8-10-33-13-14/h1-13H,(H2,29,30,31). The maximum atomic E-state index is 13.0. The van der Waals surface area contributed by atoms with Gasteiger partial charge in [-0.1, -0.05) is 11.6 Å². The van der Waals surface area contributed by atoms with Crippen LogP contribution in [-0.2, 0) is 6.18 Å². The maximum absolute atomic E-state index is 13.0. The number of benzene rings is 2. The van der Waals surface area contributed by atoms with Gasteiger partial charge in [-0.05, 0) is 60.0 Å². The third-order valence-corrected chi connectivity index (χ3v) is 5.44. The first-order valence-corrected chi connectivity index (χ1v) is 10.8. The average Bonchev–Trinajstić information content (AvgIpc) is 3.31. The monoisotopic (exact) mass is 489 g/mol. The summed E-state index contributed by atoms with van der Waals surface area (Å²) in [4.78, 5) is 16.5. The van der Waals surface area contributed by atoms with Crippen molar-refractivity contribution in [3.8, 4) is 22.8 Å². The number of thiophene rings is 1. The van der Waals surface area contributed by atoms with Crippen LogP contribution >= 0.6 is 22.9 Å². The number of pyridine rings is 1. The summed E-state index contributed by atoms with van der Waals surface area (Å²) >= 11 is 7.17. The number of amides is 2. The molecule has 2 N–H and O–H groups in total. The molecule has 0 aliphatic carbocycles. The molecule has 2 aromatic carbocycles. The first-order chi connectivity index (χ1) is 15.8. The van der Waals surface area contributed by atoms with Crippen molar-refractivity contribution >= 4 is 40.3 Å². The summed E-state index contributed by atoms with van der Waals surface area (Å²) in [5, 5.41) is 8.43. The van der Waals surface area contributed by atoms with Crippen LogP contribution in [0.5, 0.6) is 11.5 Å². The van der Waals surface area contributed by atoms with Crippen molar-refractivity contribution in [1.82, 2.24) is 4.98 Å². The molecule has 2 amide bonds. The van der Waals surface area contributed by atoms with Crippen molar-refractivity contribution in [3.05, 3.63) is 88.2 Å². The van der Waals surface area contributed by atoms with Gasteiger partial charge in [0.05, 0.1) is 16.3 Å². The Morgan fingerprint density at radius 3 is 2.36 bits per heavy atom. The molecule has 0 bridgehead atoms. The van der Waals surface area contributed by atoms with E-state index in [0.717, 1.165) is 23.4 Å². The van der Waals surface area contributed by atoms with Crippen molar-refractivity contribution in [3.63, 3.8) is 0 Å². The topological polar surface area (TPSA) is 63.2 Å². The molecule has 2 aromatic heterocycles. The van der Waals surface area contributed by atoms with Gasteiger partial charge in [-0.2, -0.15) is 24.5 Å². The Hall–Kier alpha value is -3.56. The molecule has 5 nitrogen and oxygen atoms in total. The molecule has 0 fully saturated rings. The molecule has 0 atom stereocenters. The molecule has 0 unspecified atom stereocenters. The molecule has 0 saturated heterocycles. The van der Waals surface area contributed by atoms with Gasteiger partial charge in [-0.3, -0.25) is 4.98 Å². The van der Waals surface area contributed by atoms with Crippen LogP contribution in [-0.4, -0.2) is 11.0 Å². The zero-order valence-electron chi connectivity index (χ0n) is 16.7. The van der Waals surface area contributed by atoms with E-state index in [1.54, 1.807) is 47.9 Å². The van der Waals surface area contributed by atoms with Crippen LogP contribution in [0.1, 0.15) is 5.56 Å². The molecule has 0 spiro atoms. The highest BCUT2D eigenvalue weighted by molar-refractivity contribution is 7.08. The Balaban J connectivity index is 1.38. The Morgan fingerprint density at radius 2 is 1.67 bits per heavy atom. The summed E-state index contributed by atoms with van der Waals surface area (Å²) < 4.78 is 44.8. The average molecular weight is 490 g/mol. The first kappa shape index (κ1) is 22.6. The van der Waals surface area contributed by atoms with Crippen LogP contribution in [0.15, 0.2) is 77.6 Å². The molecule has 10 heteroatoms. The van der Waals surface area contributed by atoms with Gasteiger partial charge in [0.25, 0.3) is 0 Å². The highest BCUT2D eigenvalue weighted by atomic mass is 35.5. The van der Waals surface area contributed by atoms with Crippen molar-refractivity contribution in [2.75, 3.05) is 10.6 Å². The van der Waals surface area contributed by atoms with E-state index in [-0.39, 0.29) is 5.69 Å². The summed E-state index contributed by atoms with van der Waals surface area (Å²) in [6.45, 7) is 0. The number of halogens is 4. The molecule has 4 aromatic rings. The molecule has 0 saturated carbocycles. The summed E-state index contributed by atoms with van der Waals surface area (Å²) in [5.74, 6) is 1.14. The predicted molar refractivity (Wildman–Crippen MR) is 123 cm³/mol. The lowest BCUT2D eigenvalue weighted by atomic mass is 10.2. The molecule has 0 radical (unpaired) electrons. The Bertz CT molecular complexity index is 1260. The van der Waals surface area contributed by atoms with Gasteiger partial charge in [-0.25, -0.2) is 4.79 Å². The summed E-state index contributed by atoms with van der Waals surface area (Å²) in [6, 6.07) is 14.5. The van der Waals surface area contributed by atoms with E-state index in [4.69, 9.17) is 16.3 Å². The number of aromatic nitrogens is 1. The molecule has 4 rings (SSSR count). The largest absolute Gasteiger partial charge is 0.457 e. The number of nitrogens with zero attached hydrogens (tertiary/aromatic N) is 1. The zero-order valence-corrected chi connectivity index (χ0v) is 18.3. The minimum absolute atomic E-state index is 0.0386. The lowest BCUT2D eigenvalue weighted by Crippen LogP contribution is -2.19. The van der Waals surface area contributed by atoms with Gasteiger partial charge in [0.1, 0.15) is 11.5 Å². The van der Waals surface area contributed by atoms with Crippen LogP contribution in [0.2, 0.25) is 5.02 Å². The second-order valence-electron chi connectivity index (χ2n) is 6.79. The van der Waals surface area contributed by atoms with Crippen LogP contribution in [0.3, 0.4) is 0 Å². The number of carbonyl (C=O) groups excluding carboxylic acids is 1.